The fourth-order valence-corrected chi connectivity index (χ4v) is 4.96. The third-order valence-corrected chi connectivity index (χ3v) is 6.46. The molecule has 3 amide bonds. The second-order valence-electron chi connectivity index (χ2n) is 6.91. The van der Waals surface area contributed by atoms with Crippen LogP contribution < -0.4 is 24.3 Å². The Hall–Kier alpha value is -2.93. The zero-order valence-corrected chi connectivity index (χ0v) is 20.7. The zero-order valence-electron chi connectivity index (χ0n) is 17.7. The van der Waals surface area contributed by atoms with Gasteiger partial charge in [-0.3, -0.25) is 19.3 Å². The molecule has 0 radical (unpaired) electrons. The highest BCUT2D eigenvalue weighted by Crippen LogP contribution is 2.37. The Bertz CT molecular complexity index is 1170. The van der Waals surface area contributed by atoms with Crippen LogP contribution in [0.3, 0.4) is 0 Å². The molecule has 2 aliphatic heterocycles. The maximum atomic E-state index is 12.8. The Morgan fingerprint density at radius 1 is 1.15 bits per heavy atom. The second kappa shape index (κ2) is 9.91. The number of methoxy groups -OCH3 is 2. The van der Waals surface area contributed by atoms with Gasteiger partial charge in [-0.15, -0.1) is 0 Å². The van der Waals surface area contributed by atoms with Crippen molar-refractivity contribution in [2.45, 2.75) is 0 Å². The number of carbonyl (C=O) groups is 3. The van der Waals surface area contributed by atoms with Crippen LogP contribution in [0, 0.1) is 3.57 Å². The summed E-state index contributed by atoms with van der Waals surface area (Å²) in [6.45, 7) is 0.487. The molecule has 2 aromatic rings. The normalized spacial score (nSPS) is 16.2. The highest BCUT2D eigenvalue weighted by molar-refractivity contribution is 14.1. The van der Waals surface area contributed by atoms with E-state index in [-0.39, 0.29) is 4.91 Å². The molecule has 1 saturated heterocycles. The molecule has 0 aliphatic carbocycles. The van der Waals surface area contributed by atoms with Crippen LogP contribution in [-0.4, -0.2) is 55.9 Å². The first-order valence-electron chi connectivity index (χ1n) is 9.76. The van der Waals surface area contributed by atoms with Crippen molar-refractivity contribution in [2.24, 2.45) is 0 Å². The van der Waals surface area contributed by atoms with Gasteiger partial charge in [0.25, 0.3) is 11.1 Å². The van der Waals surface area contributed by atoms with Crippen molar-refractivity contribution >= 4 is 63.2 Å². The molecular formula is C22H19IN2O7S. The Kier molecular flexibility index (Phi) is 6.98. The molecule has 1 fully saturated rings. The molecule has 0 spiro atoms. The smallest absolute Gasteiger partial charge is 0.294 e. The fraction of sp³-hybridized carbons (Fsp3) is 0.227. The van der Waals surface area contributed by atoms with Gasteiger partial charge in [-0.25, -0.2) is 0 Å². The summed E-state index contributed by atoms with van der Waals surface area (Å²) >= 11 is 2.88. The molecule has 9 nitrogen and oxygen atoms in total. The first-order valence-corrected chi connectivity index (χ1v) is 11.7. The van der Waals surface area contributed by atoms with Crippen molar-refractivity contribution < 1.29 is 33.3 Å². The molecular weight excluding hydrogens is 563 g/mol. The number of amides is 3. The first-order chi connectivity index (χ1) is 15.9. The van der Waals surface area contributed by atoms with Crippen molar-refractivity contribution in [1.82, 2.24) is 4.90 Å². The number of halogens is 1. The number of benzene rings is 2. The molecule has 2 heterocycles. The number of fused-ring (bicyclic) bond motifs is 1. The van der Waals surface area contributed by atoms with Gasteiger partial charge in [0.1, 0.15) is 19.8 Å². The number of hydrogen-bond donors (Lipinski definition) is 1. The molecule has 0 atom stereocenters. The molecule has 11 heteroatoms. The topological polar surface area (TPSA) is 103 Å². The van der Waals surface area contributed by atoms with E-state index in [0.717, 1.165) is 20.2 Å². The number of nitrogens with one attached hydrogen (secondary N) is 1. The third-order valence-electron chi connectivity index (χ3n) is 4.75. The summed E-state index contributed by atoms with van der Waals surface area (Å²) in [7, 11) is 3.06. The quantitative estimate of drug-likeness (QED) is 0.406. The first kappa shape index (κ1) is 23.2. The lowest BCUT2D eigenvalue weighted by atomic mass is 10.2. The Balaban J connectivity index is 1.46. The van der Waals surface area contributed by atoms with E-state index < -0.39 is 23.6 Å². The molecule has 33 heavy (non-hydrogen) atoms. The van der Waals surface area contributed by atoms with Crippen molar-refractivity contribution in [2.75, 3.05) is 39.3 Å². The lowest BCUT2D eigenvalue weighted by molar-refractivity contribution is -0.127. The SMILES string of the molecule is COc1cc(/C=C2/SC(=O)N(CC(=O)Nc3ccc4c(c3)OCCO4)C2=O)cc(I)c1OC. The van der Waals surface area contributed by atoms with E-state index in [2.05, 4.69) is 27.9 Å². The van der Waals surface area contributed by atoms with E-state index in [1.807, 2.05) is 6.07 Å². The lowest BCUT2D eigenvalue weighted by Gasteiger charge is -2.19. The van der Waals surface area contributed by atoms with Crippen LogP contribution in [0.1, 0.15) is 5.56 Å². The van der Waals surface area contributed by atoms with Gasteiger partial charge in [0.2, 0.25) is 5.91 Å². The number of ether oxygens (including phenoxy) is 4. The minimum Gasteiger partial charge on any atom is -0.493 e. The lowest BCUT2D eigenvalue weighted by Crippen LogP contribution is -2.36. The summed E-state index contributed by atoms with van der Waals surface area (Å²) in [5.74, 6) is 1.17. The van der Waals surface area contributed by atoms with Crippen LogP contribution in [-0.2, 0) is 9.59 Å². The van der Waals surface area contributed by atoms with E-state index in [4.69, 9.17) is 18.9 Å². The van der Waals surface area contributed by atoms with E-state index in [1.165, 1.54) is 7.11 Å². The van der Waals surface area contributed by atoms with E-state index >= 15 is 0 Å². The molecule has 0 bridgehead atoms. The molecule has 1 N–H and O–H groups in total. The van der Waals surface area contributed by atoms with E-state index in [9.17, 15) is 14.4 Å². The molecule has 2 aliphatic rings. The van der Waals surface area contributed by atoms with Crippen LogP contribution in [0.25, 0.3) is 6.08 Å². The van der Waals surface area contributed by atoms with E-state index in [0.29, 0.717) is 47.5 Å². The zero-order chi connectivity index (χ0) is 23.5. The van der Waals surface area contributed by atoms with Crippen LogP contribution in [0.5, 0.6) is 23.0 Å². The summed E-state index contributed by atoms with van der Waals surface area (Å²) in [4.78, 5) is 38.9. The highest BCUT2D eigenvalue weighted by atomic mass is 127. The number of thioether (sulfide) groups is 1. The van der Waals surface area contributed by atoms with Crippen LogP contribution in [0.15, 0.2) is 35.2 Å². The maximum absolute atomic E-state index is 12.8. The average Bonchev–Trinajstić information content (AvgIpc) is 3.05. The monoisotopic (exact) mass is 582 g/mol. The summed E-state index contributed by atoms with van der Waals surface area (Å²) in [5.41, 5.74) is 1.15. The third kappa shape index (κ3) is 5.03. The summed E-state index contributed by atoms with van der Waals surface area (Å²) < 4.78 is 22.4. The standard InChI is InChI=1S/C22H19IN2O7S/c1-29-17-8-12(7-14(23)20(17)30-2)9-18-21(27)25(22(28)33-18)11-19(26)24-13-3-4-15-16(10-13)32-6-5-31-15/h3-4,7-10H,5-6,11H2,1-2H3,(H,24,26)/b18-9+. The minimum atomic E-state index is -0.535. The number of rotatable bonds is 6. The van der Waals surface area contributed by atoms with Crippen molar-refractivity contribution in [3.63, 3.8) is 0 Å². The Labute approximate surface area is 207 Å². The number of imide groups is 1. The maximum Gasteiger partial charge on any atom is 0.294 e. The summed E-state index contributed by atoms with van der Waals surface area (Å²) in [6.07, 6.45) is 1.59. The predicted octanol–water partition coefficient (Wildman–Crippen LogP) is 3.75. The van der Waals surface area contributed by atoms with Gasteiger partial charge in [0.05, 0.1) is 22.7 Å². The van der Waals surface area contributed by atoms with E-state index in [1.54, 1.807) is 37.5 Å². The van der Waals surface area contributed by atoms with Gasteiger partial charge in [-0.2, -0.15) is 0 Å². The van der Waals surface area contributed by atoms with Gasteiger partial charge >= 0.3 is 0 Å². The Morgan fingerprint density at radius 3 is 2.64 bits per heavy atom. The average molecular weight is 582 g/mol. The van der Waals surface area contributed by atoms with Crippen LogP contribution in [0.2, 0.25) is 0 Å². The van der Waals surface area contributed by atoms with Gasteiger partial charge in [0.15, 0.2) is 23.0 Å². The summed E-state index contributed by atoms with van der Waals surface area (Å²) in [5, 5.41) is 2.16. The van der Waals surface area contributed by atoms with Gasteiger partial charge < -0.3 is 24.3 Å². The molecule has 0 saturated carbocycles. The van der Waals surface area contributed by atoms with Crippen LogP contribution >= 0.6 is 34.4 Å². The number of anilines is 1. The van der Waals surface area contributed by atoms with Crippen molar-refractivity contribution in [3.05, 3.63) is 44.4 Å². The van der Waals surface area contributed by atoms with Gasteiger partial charge in [-0.05, 0) is 70.3 Å². The number of carbonyl (C=O) groups excluding carboxylic acids is 3. The van der Waals surface area contributed by atoms with Gasteiger partial charge in [0, 0.05) is 11.8 Å². The molecule has 2 aromatic carbocycles. The highest BCUT2D eigenvalue weighted by Gasteiger charge is 2.36. The molecule has 172 valence electrons. The fourth-order valence-electron chi connectivity index (χ4n) is 3.27. The number of nitrogens with zero attached hydrogens (tertiary/aromatic N) is 1. The number of hydrogen-bond acceptors (Lipinski definition) is 8. The molecule has 0 aromatic heterocycles. The Morgan fingerprint density at radius 2 is 1.91 bits per heavy atom. The summed E-state index contributed by atoms with van der Waals surface area (Å²) in [6, 6.07) is 8.52. The van der Waals surface area contributed by atoms with Crippen molar-refractivity contribution in [1.29, 1.82) is 0 Å². The molecule has 0 unspecified atom stereocenters. The second-order valence-corrected chi connectivity index (χ2v) is 9.07. The van der Waals surface area contributed by atoms with Crippen molar-refractivity contribution in [3.8, 4) is 23.0 Å². The minimum absolute atomic E-state index is 0.218. The van der Waals surface area contributed by atoms with Crippen LogP contribution in [0.4, 0.5) is 10.5 Å². The van der Waals surface area contributed by atoms with Gasteiger partial charge in [-0.1, -0.05) is 0 Å². The predicted molar refractivity (Wildman–Crippen MR) is 131 cm³/mol. The largest absolute Gasteiger partial charge is 0.493 e. The molecule has 4 rings (SSSR count).